The Balaban J connectivity index is 2.90. The maximum absolute atomic E-state index is 5.68. The van der Waals surface area contributed by atoms with Gasteiger partial charge in [-0.2, -0.15) is 0 Å². The van der Waals surface area contributed by atoms with Crippen LogP contribution in [0, 0.1) is 0 Å². The van der Waals surface area contributed by atoms with Gasteiger partial charge in [0.2, 0.25) is 0 Å². The standard InChI is InChI=1S/C4H4Cl3GeN/c5-8(6,7)9-3-1-2-4-9/h1-4H. The number of halogens is 3. The molecule has 0 radical (unpaired) electrons. The number of rotatable bonds is 1. The summed E-state index contributed by atoms with van der Waals surface area (Å²) in [7, 11) is 13.9. The van der Waals surface area contributed by atoms with Crippen LogP contribution in [-0.2, 0) is 0 Å². The van der Waals surface area contributed by atoms with Gasteiger partial charge in [0.25, 0.3) is 0 Å². The van der Waals surface area contributed by atoms with E-state index in [0.717, 1.165) is 0 Å². The van der Waals surface area contributed by atoms with E-state index in [1.54, 1.807) is 15.9 Å². The summed E-state index contributed by atoms with van der Waals surface area (Å²) >= 11 is 0. The van der Waals surface area contributed by atoms with Crippen molar-refractivity contribution in [1.29, 1.82) is 0 Å². The van der Waals surface area contributed by atoms with Gasteiger partial charge in [-0.1, -0.05) is 0 Å². The molecule has 1 nitrogen and oxygen atoms in total. The number of nitrogens with zero attached hydrogens (tertiary/aromatic N) is 1. The molecular formula is C4H4Cl3GeN. The molecule has 9 heavy (non-hydrogen) atoms. The zero-order chi connectivity index (χ0) is 6.91. The van der Waals surface area contributed by atoms with Crippen LogP contribution >= 0.6 is 30.0 Å². The molecule has 5 heteroatoms. The van der Waals surface area contributed by atoms with Crippen molar-refractivity contribution in [3.8, 4) is 0 Å². The first-order chi connectivity index (χ1) is 4.11. The summed E-state index contributed by atoms with van der Waals surface area (Å²) in [6.07, 6.45) is 3.54. The van der Waals surface area contributed by atoms with Crippen LogP contribution in [0.25, 0.3) is 0 Å². The average Bonchev–Trinajstić information content (AvgIpc) is 2.08. The molecule has 0 aliphatic rings. The van der Waals surface area contributed by atoms with Crippen molar-refractivity contribution in [1.82, 2.24) is 3.52 Å². The van der Waals surface area contributed by atoms with Crippen LogP contribution in [0.15, 0.2) is 24.5 Å². The molecule has 0 aliphatic heterocycles. The number of hydrogen-bond acceptors (Lipinski definition) is 0. The van der Waals surface area contributed by atoms with Gasteiger partial charge in [0.15, 0.2) is 0 Å². The van der Waals surface area contributed by atoms with E-state index in [4.69, 9.17) is 30.0 Å². The van der Waals surface area contributed by atoms with E-state index in [0.29, 0.717) is 0 Å². The molecule has 50 valence electrons. The van der Waals surface area contributed by atoms with Crippen molar-refractivity contribution in [3.05, 3.63) is 24.5 Å². The van der Waals surface area contributed by atoms with E-state index < -0.39 is 10.7 Å². The van der Waals surface area contributed by atoms with Crippen LogP contribution in [0.3, 0.4) is 0 Å². The SMILES string of the molecule is [Cl][Ge]([Cl])([Cl])[n]1cccc1. The molecule has 0 aromatic carbocycles. The van der Waals surface area contributed by atoms with Crippen LogP contribution in [0.4, 0.5) is 0 Å². The summed E-state index contributed by atoms with van der Waals surface area (Å²) in [6, 6.07) is 3.68. The molecule has 1 rings (SSSR count). The molecule has 0 N–H and O–H groups in total. The summed E-state index contributed by atoms with van der Waals surface area (Å²) < 4.78 is 1.67. The molecule has 0 fully saturated rings. The van der Waals surface area contributed by atoms with E-state index in [-0.39, 0.29) is 0 Å². The van der Waals surface area contributed by atoms with Crippen LogP contribution in [0.1, 0.15) is 0 Å². The number of hydrogen-bond donors (Lipinski definition) is 0. The molecule has 0 saturated carbocycles. The molecule has 1 aromatic heterocycles. The molecule has 0 aliphatic carbocycles. The third-order valence-electron chi connectivity index (χ3n) is 0.897. The van der Waals surface area contributed by atoms with Crippen LogP contribution < -0.4 is 0 Å². The van der Waals surface area contributed by atoms with Crippen molar-refractivity contribution >= 4 is 40.7 Å². The van der Waals surface area contributed by atoms with Gasteiger partial charge in [-0.3, -0.25) is 0 Å². The van der Waals surface area contributed by atoms with Gasteiger partial charge in [0.05, 0.1) is 0 Å². The van der Waals surface area contributed by atoms with Gasteiger partial charge in [0.1, 0.15) is 0 Å². The quantitative estimate of drug-likeness (QED) is 0.670. The van der Waals surface area contributed by atoms with Crippen molar-refractivity contribution < 1.29 is 0 Å². The minimum atomic E-state index is -3.10. The predicted octanol–water partition coefficient (Wildman–Crippen LogP) is 2.49. The Labute approximate surface area is 68.6 Å². The van der Waals surface area contributed by atoms with E-state index in [2.05, 4.69) is 0 Å². The predicted molar refractivity (Wildman–Crippen MR) is 43.1 cm³/mol. The minimum absolute atomic E-state index is 1.67. The van der Waals surface area contributed by atoms with E-state index in [1.165, 1.54) is 0 Å². The Morgan fingerprint density at radius 2 is 1.44 bits per heavy atom. The zero-order valence-corrected chi connectivity index (χ0v) is 8.76. The second-order valence-electron chi connectivity index (χ2n) is 1.56. The third-order valence-corrected chi connectivity index (χ3v) is 5.79. The Bertz CT molecular complexity index is 178. The Morgan fingerprint density at radius 3 is 1.67 bits per heavy atom. The van der Waals surface area contributed by atoms with Gasteiger partial charge in [-0.05, 0) is 0 Å². The summed E-state index contributed by atoms with van der Waals surface area (Å²) in [5, 5.41) is 0. The normalized spacial score (nSPS) is 11.9. The summed E-state index contributed by atoms with van der Waals surface area (Å²) in [6.45, 7) is 0. The third kappa shape index (κ3) is 2.08. The molecule has 0 amide bonds. The first-order valence-electron chi connectivity index (χ1n) is 2.31. The number of aromatic nitrogens is 1. The van der Waals surface area contributed by atoms with Crippen LogP contribution in [0.5, 0.6) is 0 Å². The Kier molecular flexibility index (Phi) is 2.38. The molecular weight excluding hydrogens is 241 g/mol. The van der Waals surface area contributed by atoms with Gasteiger partial charge in [0, 0.05) is 0 Å². The van der Waals surface area contributed by atoms with E-state index in [1.807, 2.05) is 12.1 Å². The first-order valence-corrected chi connectivity index (χ1v) is 11.5. The second-order valence-corrected chi connectivity index (χ2v) is 16.1. The van der Waals surface area contributed by atoms with Gasteiger partial charge >= 0.3 is 68.8 Å². The van der Waals surface area contributed by atoms with Gasteiger partial charge in [-0.25, -0.2) is 0 Å². The molecule has 0 unspecified atom stereocenters. The fourth-order valence-electron chi connectivity index (χ4n) is 0.504. The Hall–Kier alpha value is 0.693. The summed E-state index contributed by atoms with van der Waals surface area (Å²) in [5.41, 5.74) is 0. The monoisotopic (exact) mass is 245 g/mol. The van der Waals surface area contributed by atoms with Crippen molar-refractivity contribution in [2.75, 3.05) is 0 Å². The van der Waals surface area contributed by atoms with Gasteiger partial charge < -0.3 is 0 Å². The van der Waals surface area contributed by atoms with Crippen LogP contribution in [-0.4, -0.2) is 14.2 Å². The average molecular weight is 245 g/mol. The first kappa shape index (κ1) is 7.80. The molecule has 0 atom stereocenters. The zero-order valence-electron chi connectivity index (χ0n) is 4.39. The van der Waals surface area contributed by atoms with E-state index in [9.17, 15) is 0 Å². The van der Waals surface area contributed by atoms with Crippen molar-refractivity contribution in [2.45, 2.75) is 0 Å². The topological polar surface area (TPSA) is 4.93 Å². The van der Waals surface area contributed by atoms with Crippen LogP contribution in [0.2, 0.25) is 0 Å². The van der Waals surface area contributed by atoms with Gasteiger partial charge in [-0.15, -0.1) is 0 Å². The fraction of sp³-hybridized carbons (Fsp3) is 0. The maximum atomic E-state index is 5.68. The molecule has 0 bridgehead atoms. The summed E-state index contributed by atoms with van der Waals surface area (Å²) in [4.78, 5) is 0. The molecule has 1 heterocycles. The molecule has 0 spiro atoms. The van der Waals surface area contributed by atoms with Crippen molar-refractivity contribution in [2.24, 2.45) is 0 Å². The second kappa shape index (κ2) is 2.74. The Morgan fingerprint density at radius 1 is 1.00 bits per heavy atom. The molecule has 0 saturated heterocycles. The molecule has 1 aromatic rings. The summed E-state index contributed by atoms with van der Waals surface area (Å²) in [5.74, 6) is 0. The van der Waals surface area contributed by atoms with E-state index >= 15 is 0 Å². The van der Waals surface area contributed by atoms with Crippen molar-refractivity contribution in [3.63, 3.8) is 0 Å². The fourth-order valence-corrected chi connectivity index (χ4v) is 3.33.